The van der Waals surface area contributed by atoms with Crippen molar-refractivity contribution in [1.29, 1.82) is 0 Å². The highest BCUT2D eigenvalue weighted by atomic mass is 32.1. The molecule has 1 aliphatic rings. The summed E-state index contributed by atoms with van der Waals surface area (Å²) in [6, 6.07) is 0.532. The van der Waals surface area contributed by atoms with Crippen molar-refractivity contribution in [3.63, 3.8) is 0 Å². The summed E-state index contributed by atoms with van der Waals surface area (Å²) in [4.78, 5) is 4.11. The maximum atomic E-state index is 4.11. The van der Waals surface area contributed by atoms with Crippen LogP contribution in [0, 0.1) is 5.92 Å². The minimum absolute atomic E-state index is 0.532. The lowest BCUT2D eigenvalue weighted by Crippen LogP contribution is -2.33. The minimum Gasteiger partial charge on any atom is -0.298 e. The Labute approximate surface area is 82.9 Å². The van der Waals surface area contributed by atoms with Gasteiger partial charge in [0.1, 0.15) is 0 Å². The predicted octanol–water partition coefficient (Wildman–Crippen LogP) is 1.90. The number of aromatic nitrogens is 1. The Hall–Kier alpha value is -0.700. The van der Waals surface area contributed by atoms with E-state index < -0.39 is 0 Å². The second kappa shape index (κ2) is 4.01. The Morgan fingerprint density at radius 1 is 1.54 bits per heavy atom. The van der Waals surface area contributed by atoms with Gasteiger partial charge in [-0.05, 0) is 26.0 Å². The molecule has 3 heteroatoms. The molecule has 0 spiro atoms. The van der Waals surface area contributed by atoms with Gasteiger partial charge in [0.05, 0.1) is 5.38 Å². The van der Waals surface area contributed by atoms with Gasteiger partial charge < -0.3 is 0 Å². The molecule has 1 heterocycles. The molecule has 0 radical (unpaired) electrons. The van der Waals surface area contributed by atoms with Crippen molar-refractivity contribution in [3.8, 4) is 0 Å². The second-order valence-electron chi connectivity index (χ2n) is 3.74. The summed E-state index contributed by atoms with van der Waals surface area (Å²) >= 11 is 1.76. The summed E-state index contributed by atoms with van der Waals surface area (Å²) in [7, 11) is 0. The molecule has 0 saturated heterocycles. The zero-order valence-electron chi connectivity index (χ0n) is 7.72. The van der Waals surface area contributed by atoms with Crippen LogP contribution >= 0.6 is 11.3 Å². The minimum atomic E-state index is 0.532. The highest BCUT2D eigenvalue weighted by Gasteiger charge is 2.26. The van der Waals surface area contributed by atoms with Gasteiger partial charge in [-0.1, -0.05) is 11.3 Å². The first-order valence-corrected chi connectivity index (χ1v) is 5.70. The van der Waals surface area contributed by atoms with Crippen molar-refractivity contribution in [2.75, 3.05) is 0 Å². The van der Waals surface area contributed by atoms with E-state index in [-0.39, 0.29) is 0 Å². The lowest BCUT2D eigenvalue weighted by molar-refractivity contribution is -0.698. The predicted molar refractivity (Wildman–Crippen MR) is 55.2 cm³/mol. The first-order chi connectivity index (χ1) is 6.38. The molecule has 2 rings (SSSR count). The Kier molecular flexibility index (Phi) is 2.74. The molecule has 1 saturated carbocycles. The van der Waals surface area contributed by atoms with Gasteiger partial charge in [0.15, 0.2) is 12.7 Å². The van der Waals surface area contributed by atoms with Gasteiger partial charge >= 0.3 is 0 Å². The third-order valence-electron chi connectivity index (χ3n) is 2.77. The van der Waals surface area contributed by atoms with Crippen LogP contribution in [0.2, 0.25) is 0 Å². The van der Waals surface area contributed by atoms with Crippen LogP contribution in [0.5, 0.6) is 0 Å². The lowest BCUT2D eigenvalue weighted by Gasteiger charge is -2.02. The van der Waals surface area contributed by atoms with Crippen molar-refractivity contribution in [2.24, 2.45) is 10.9 Å². The number of aliphatic imine (C=N–C) groups is 1. The fourth-order valence-corrected chi connectivity index (χ4v) is 2.65. The molecule has 1 aliphatic carbocycles. The molecule has 2 unspecified atom stereocenters. The normalized spacial score (nSPS) is 27.7. The Bertz CT molecular complexity index is 268. The van der Waals surface area contributed by atoms with Gasteiger partial charge in [-0.2, -0.15) is 4.57 Å². The fourth-order valence-electron chi connectivity index (χ4n) is 2.04. The molecule has 2 nitrogen and oxygen atoms in total. The summed E-state index contributed by atoms with van der Waals surface area (Å²) in [6.45, 7) is 4.78. The van der Waals surface area contributed by atoms with E-state index in [0.29, 0.717) is 6.04 Å². The molecular weight excluding hydrogens is 180 g/mol. The van der Waals surface area contributed by atoms with Gasteiger partial charge in [0, 0.05) is 12.0 Å². The van der Waals surface area contributed by atoms with Crippen LogP contribution in [0.1, 0.15) is 19.3 Å². The van der Waals surface area contributed by atoms with Gasteiger partial charge in [-0.25, -0.2) is 0 Å². The first kappa shape index (κ1) is 8.88. The average molecular weight is 195 g/mol. The summed E-state index contributed by atoms with van der Waals surface area (Å²) in [5.41, 5.74) is 2.18. The van der Waals surface area contributed by atoms with Crippen LogP contribution in [0.4, 0.5) is 0 Å². The summed E-state index contributed by atoms with van der Waals surface area (Å²) in [5, 5.41) is 2.12. The summed E-state index contributed by atoms with van der Waals surface area (Å²) in [6.07, 6.45) is 5.93. The molecule has 1 fully saturated rings. The molecule has 1 aromatic rings. The lowest BCUT2D eigenvalue weighted by atomic mass is 10.1. The molecule has 1 aromatic heterocycles. The van der Waals surface area contributed by atoms with Crippen molar-refractivity contribution in [1.82, 2.24) is 0 Å². The highest BCUT2D eigenvalue weighted by Crippen LogP contribution is 2.27. The van der Waals surface area contributed by atoms with E-state index >= 15 is 0 Å². The first-order valence-electron chi connectivity index (χ1n) is 4.75. The number of nitrogens with zero attached hydrogens (tertiary/aromatic N) is 2. The number of rotatable bonds is 3. The van der Waals surface area contributed by atoms with E-state index in [2.05, 4.69) is 33.4 Å². The third-order valence-corrected chi connectivity index (χ3v) is 3.44. The van der Waals surface area contributed by atoms with Crippen LogP contribution in [-0.4, -0.2) is 12.8 Å². The van der Waals surface area contributed by atoms with Gasteiger partial charge in [0.25, 0.3) is 0 Å². The quantitative estimate of drug-likeness (QED) is 0.517. The SMILES string of the molecule is C=NC1CCC(C[n+]2ccsc2)C1. The van der Waals surface area contributed by atoms with Crippen molar-refractivity contribution >= 4 is 18.1 Å². The van der Waals surface area contributed by atoms with Crippen LogP contribution in [-0.2, 0) is 6.54 Å². The summed E-state index contributed by atoms with van der Waals surface area (Å²) in [5.74, 6) is 0.815. The largest absolute Gasteiger partial charge is 0.298 e. The van der Waals surface area contributed by atoms with Gasteiger partial charge in [0.2, 0.25) is 5.51 Å². The fraction of sp³-hybridized carbons (Fsp3) is 0.600. The molecule has 0 aliphatic heterocycles. The monoisotopic (exact) mass is 195 g/mol. The van der Waals surface area contributed by atoms with E-state index in [1.807, 2.05) is 0 Å². The maximum Gasteiger partial charge on any atom is 0.224 e. The molecule has 70 valence electrons. The molecule has 0 N–H and O–H groups in total. The number of hydrogen-bond acceptors (Lipinski definition) is 2. The zero-order valence-corrected chi connectivity index (χ0v) is 8.54. The number of hydrogen-bond donors (Lipinski definition) is 0. The highest BCUT2D eigenvalue weighted by molar-refractivity contribution is 7.07. The van der Waals surface area contributed by atoms with Crippen LogP contribution in [0.15, 0.2) is 22.1 Å². The third kappa shape index (κ3) is 2.15. The van der Waals surface area contributed by atoms with E-state index in [9.17, 15) is 0 Å². The standard InChI is InChI=1S/C10H15N2S/c1-11-10-3-2-9(6-10)7-12-4-5-13-8-12/h4-5,8-10H,1-3,6-7H2/q+1. The zero-order chi connectivity index (χ0) is 9.10. The Morgan fingerprint density at radius 3 is 3.08 bits per heavy atom. The summed E-state index contributed by atoms with van der Waals surface area (Å²) < 4.78 is 2.28. The second-order valence-corrected chi connectivity index (χ2v) is 4.49. The van der Waals surface area contributed by atoms with Crippen LogP contribution < -0.4 is 4.57 Å². The van der Waals surface area contributed by atoms with E-state index in [1.54, 1.807) is 11.3 Å². The molecule has 0 bridgehead atoms. The smallest absolute Gasteiger partial charge is 0.224 e. The van der Waals surface area contributed by atoms with E-state index in [4.69, 9.17) is 0 Å². The van der Waals surface area contributed by atoms with E-state index in [1.165, 1.54) is 19.3 Å². The van der Waals surface area contributed by atoms with E-state index in [0.717, 1.165) is 12.5 Å². The van der Waals surface area contributed by atoms with Crippen molar-refractivity contribution in [2.45, 2.75) is 31.8 Å². The molecule has 0 amide bonds. The molecular formula is C10H15N2S+. The molecule has 2 atom stereocenters. The average Bonchev–Trinajstić information content (AvgIpc) is 2.76. The Balaban J connectivity index is 1.87. The van der Waals surface area contributed by atoms with Crippen molar-refractivity contribution < 1.29 is 4.57 Å². The maximum absolute atomic E-state index is 4.11. The van der Waals surface area contributed by atoms with Crippen LogP contribution in [0.3, 0.4) is 0 Å². The van der Waals surface area contributed by atoms with Gasteiger partial charge in [-0.15, -0.1) is 0 Å². The topological polar surface area (TPSA) is 16.2 Å². The number of thiazole rings is 1. The molecule has 0 aromatic carbocycles. The Morgan fingerprint density at radius 2 is 2.46 bits per heavy atom. The molecule has 13 heavy (non-hydrogen) atoms. The van der Waals surface area contributed by atoms with Gasteiger partial charge in [-0.3, -0.25) is 4.99 Å². The van der Waals surface area contributed by atoms with Crippen molar-refractivity contribution in [3.05, 3.63) is 17.1 Å². The van der Waals surface area contributed by atoms with Crippen LogP contribution in [0.25, 0.3) is 0 Å².